The highest BCUT2D eigenvalue weighted by atomic mass is 35.5. The Morgan fingerprint density at radius 1 is 1.05 bits per heavy atom. The van der Waals surface area contributed by atoms with E-state index >= 15 is 0 Å². The number of sulfone groups is 1. The number of thiazole rings is 1. The number of nitrogens with one attached hydrogen (secondary N) is 1. The van der Waals surface area contributed by atoms with Crippen LogP contribution in [0.3, 0.4) is 0 Å². The van der Waals surface area contributed by atoms with Crippen LogP contribution in [0.5, 0.6) is 5.75 Å². The van der Waals surface area contributed by atoms with Gasteiger partial charge in [0.25, 0.3) is 0 Å². The highest BCUT2D eigenvalue weighted by molar-refractivity contribution is 7.90. The Kier molecular flexibility index (Phi) is 9.63. The van der Waals surface area contributed by atoms with Gasteiger partial charge in [0.1, 0.15) is 40.2 Å². The number of hydrogen-bond acceptors (Lipinski definition) is 9. The van der Waals surface area contributed by atoms with E-state index in [1.54, 1.807) is 35.6 Å². The van der Waals surface area contributed by atoms with Gasteiger partial charge in [0.05, 0.1) is 33.6 Å². The van der Waals surface area contributed by atoms with E-state index in [4.69, 9.17) is 26.1 Å². The predicted molar refractivity (Wildman–Crippen MR) is 165 cm³/mol. The molecular formula is C30H28ClFN4O4S2. The molecule has 5 aromatic rings. The average Bonchev–Trinajstić information content (AvgIpc) is 3.43. The van der Waals surface area contributed by atoms with Gasteiger partial charge in [0.2, 0.25) is 0 Å². The lowest BCUT2D eigenvalue weighted by Gasteiger charge is -2.12. The maximum atomic E-state index is 13.5. The van der Waals surface area contributed by atoms with Crippen LogP contribution in [0.2, 0.25) is 5.02 Å². The van der Waals surface area contributed by atoms with Crippen molar-refractivity contribution >= 4 is 55.2 Å². The fourth-order valence-corrected chi connectivity index (χ4v) is 5.64. The fraction of sp³-hybridized carbons (Fsp3) is 0.233. The first kappa shape index (κ1) is 29.8. The number of aryl methyl sites for hydroxylation is 1. The molecule has 0 fully saturated rings. The van der Waals surface area contributed by atoms with Crippen molar-refractivity contribution in [2.45, 2.75) is 19.4 Å². The monoisotopic (exact) mass is 626 g/mol. The summed E-state index contributed by atoms with van der Waals surface area (Å²) in [5.41, 5.74) is 4.00. The van der Waals surface area contributed by atoms with Crippen LogP contribution >= 0.6 is 22.9 Å². The number of fused-ring (bicyclic) bond motifs is 1. The molecule has 3 aromatic carbocycles. The molecule has 0 bridgehead atoms. The predicted octanol–water partition coefficient (Wildman–Crippen LogP) is 6.86. The molecule has 42 heavy (non-hydrogen) atoms. The zero-order chi connectivity index (χ0) is 29.5. The van der Waals surface area contributed by atoms with Crippen molar-refractivity contribution in [3.05, 3.63) is 93.8 Å². The maximum absolute atomic E-state index is 13.5. The molecule has 0 unspecified atom stereocenters. The van der Waals surface area contributed by atoms with E-state index in [1.807, 2.05) is 29.6 Å². The van der Waals surface area contributed by atoms with Crippen molar-refractivity contribution in [2.75, 3.05) is 30.5 Å². The van der Waals surface area contributed by atoms with Gasteiger partial charge in [0.15, 0.2) is 0 Å². The molecule has 8 nitrogen and oxygen atoms in total. The normalized spacial score (nSPS) is 11.6. The number of rotatable bonds is 13. The molecule has 5 rings (SSSR count). The van der Waals surface area contributed by atoms with Gasteiger partial charge < -0.3 is 14.8 Å². The third kappa shape index (κ3) is 8.22. The van der Waals surface area contributed by atoms with Crippen LogP contribution in [0.1, 0.15) is 17.0 Å². The third-order valence-corrected chi connectivity index (χ3v) is 8.35. The van der Waals surface area contributed by atoms with Crippen LogP contribution in [0.15, 0.2) is 72.4 Å². The first-order chi connectivity index (χ1) is 20.2. The Labute approximate surface area is 252 Å². The fourth-order valence-electron chi connectivity index (χ4n) is 4.13. The van der Waals surface area contributed by atoms with E-state index in [0.29, 0.717) is 28.8 Å². The Morgan fingerprint density at radius 2 is 1.93 bits per heavy atom. The molecule has 0 atom stereocenters. The first-order valence-electron chi connectivity index (χ1n) is 13.1. The van der Waals surface area contributed by atoms with E-state index in [-0.39, 0.29) is 24.8 Å². The minimum atomic E-state index is -3.01. The van der Waals surface area contributed by atoms with Gasteiger partial charge in [-0.15, -0.1) is 11.3 Å². The van der Waals surface area contributed by atoms with E-state index in [1.165, 1.54) is 24.7 Å². The topological polar surface area (TPSA) is 103 Å². The molecule has 0 spiro atoms. The summed E-state index contributed by atoms with van der Waals surface area (Å²) < 4.78 is 47.1. The summed E-state index contributed by atoms with van der Waals surface area (Å²) in [5.74, 6) is 0.819. The van der Waals surface area contributed by atoms with Gasteiger partial charge in [-0.05, 0) is 54.4 Å². The zero-order valence-corrected chi connectivity index (χ0v) is 25.1. The molecule has 0 radical (unpaired) electrons. The standard InChI is InChI=1S/C30H28ClFN4O4S2/c1-42(37,38)13-12-39-11-3-6-29-36-27(18-41-29)21-7-9-26-24(15-21)30(34-19-33-26)35-23-8-10-28(25(31)16-23)40-17-20-4-2-5-22(32)14-20/h2,4-5,7-10,14-16,18-19H,3,6,11-13,17H2,1H3,(H,33,34,35). The molecule has 0 aliphatic rings. The molecule has 0 aliphatic carbocycles. The van der Waals surface area contributed by atoms with Gasteiger partial charge in [-0.3, -0.25) is 0 Å². The summed E-state index contributed by atoms with van der Waals surface area (Å²) >= 11 is 8.06. The van der Waals surface area contributed by atoms with Gasteiger partial charge in [-0.2, -0.15) is 0 Å². The summed E-state index contributed by atoms with van der Waals surface area (Å²) in [7, 11) is -3.01. The maximum Gasteiger partial charge on any atom is 0.149 e. The van der Waals surface area contributed by atoms with E-state index in [2.05, 4.69) is 15.3 Å². The summed E-state index contributed by atoms with van der Waals surface area (Å²) in [6.07, 6.45) is 4.21. The Balaban J connectivity index is 1.24. The van der Waals surface area contributed by atoms with E-state index < -0.39 is 9.84 Å². The lowest BCUT2D eigenvalue weighted by molar-refractivity contribution is 0.146. The number of aromatic nitrogens is 3. The van der Waals surface area contributed by atoms with Crippen LogP contribution in [0.25, 0.3) is 22.2 Å². The average molecular weight is 627 g/mol. The molecule has 2 heterocycles. The smallest absolute Gasteiger partial charge is 0.149 e. The number of halogens is 2. The van der Waals surface area contributed by atoms with Gasteiger partial charge in [-0.1, -0.05) is 29.8 Å². The minimum absolute atomic E-state index is 0.0295. The van der Waals surface area contributed by atoms with Crippen LogP contribution in [-0.4, -0.2) is 48.6 Å². The summed E-state index contributed by atoms with van der Waals surface area (Å²) in [6, 6.07) is 17.5. The quantitative estimate of drug-likeness (QED) is 0.141. The van der Waals surface area contributed by atoms with Crippen LogP contribution in [-0.2, 0) is 27.6 Å². The Morgan fingerprint density at radius 3 is 2.74 bits per heavy atom. The highest BCUT2D eigenvalue weighted by Gasteiger charge is 2.11. The molecule has 0 saturated heterocycles. The van der Waals surface area contributed by atoms with E-state index in [0.717, 1.165) is 45.7 Å². The van der Waals surface area contributed by atoms with E-state index in [9.17, 15) is 12.8 Å². The molecule has 1 N–H and O–H groups in total. The van der Waals surface area contributed by atoms with Gasteiger partial charge >= 0.3 is 0 Å². The van der Waals surface area contributed by atoms with Crippen molar-refractivity contribution in [1.29, 1.82) is 0 Å². The van der Waals surface area contributed by atoms with Crippen molar-refractivity contribution in [3.63, 3.8) is 0 Å². The van der Waals surface area contributed by atoms with Crippen molar-refractivity contribution in [1.82, 2.24) is 15.0 Å². The second-order valence-electron chi connectivity index (χ2n) is 9.62. The molecule has 218 valence electrons. The second kappa shape index (κ2) is 13.6. The number of ether oxygens (including phenoxy) is 2. The number of anilines is 2. The molecule has 12 heteroatoms. The lowest BCUT2D eigenvalue weighted by atomic mass is 10.1. The molecule has 0 saturated carbocycles. The van der Waals surface area contributed by atoms with Crippen molar-refractivity contribution in [2.24, 2.45) is 0 Å². The van der Waals surface area contributed by atoms with Crippen molar-refractivity contribution in [3.8, 4) is 17.0 Å². The third-order valence-electron chi connectivity index (χ3n) is 6.24. The highest BCUT2D eigenvalue weighted by Crippen LogP contribution is 2.32. The molecule has 2 aromatic heterocycles. The Bertz CT molecular complexity index is 1800. The van der Waals surface area contributed by atoms with Crippen LogP contribution in [0, 0.1) is 5.82 Å². The first-order valence-corrected chi connectivity index (χ1v) is 16.4. The number of hydrogen-bond donors (Lipinski definition) is 1. The Hall–Kier alpha value is -3.64. The summed E-state index contributed by atoms with van der Waals surface area (Å²) in [5, 5.41) is 7.55. The SMILES string of the molecule is CS(=O)(=O)CCOCCCc1nc(-c2ccc3ncnc(Nc4ccc(OCc5cccc(F)c5)c(Cl)c4)c3c2)cs1. The molecular weight excluding hydrogens is 599 g/mol. The van der Waals surface area contributed by atoms with Gasteiger partial charge in [0, 0.05) is 41.3 Å². The zero-order valence-electron chi connectivity index (χ0n) is 22.7. The lowest BCUT2D eigenvalue weighted by Crippen LogP contribution is -2.10. The van der Waals surface area contributed by atoms with Crippen LogP contribution < -0.4 is 10.1 Å². The summed E-state index contributed by atoms with van der Waals surface area (Å²) in [6.45, 7) is 0.885. The van der Waals surface area contributed by atoms with Gasteiger partial charge in [-0.25, -0.2) is 27.8 Å². The van der Waals surface area contributed by atoms with Crippen LogP contribution in [0.4, 0.5) is 15.9 Å². The molecule has 0 amide bonds. The number of benzene rings is 3. The van der Waals surface area contributed by atoms with Crippen molar-refractivity contribution < 1.29 is 22.3 Å². The summed E-state index contributed by atoms with van der Waals surface area (Å²) in [4.78, 5) is 13.6. The minimum Gasteiger partial charge on any atom is -0.487 e. The molecule has 0 aliphatic heterocycles. The number of nitrogens with zero attached hydrogens (tertiary/aromatic N) is 3. The second-order valence-corrected chi connectivity index (χ2v) is 13.2. The largest absolute Gasteiger partial charge is 0.487 e.